The first-order valence-electron chi connectivity index (χ1n) is 4.51. The lowest BCUT2D eigenvalue weighted by Crippen LogP contribution is -2.12. The summed E-state index contributed by atoms with van der Waals surface area (Å²) < 4.78 is 1.80. The predicted octanol–water partition coefficient (Wildman–Crippen LogP) is 0.433. The van der Waals surface area contributed by atoms with Crippen LogP contribution in [0.4, 0.5) is 0 Å². The van der Waals surface area contributed by atoms with E-state index >= 15 is 0 Å². The minimum absolute atomic E-state index is 0.800. The number of hydrogen-bond donors (Lipinski definition) is 2. The maximum atomic E-state index is 4.09. The van der Waals surface area contributed by atoms with Gasteiger partial charge in [-0.05, 0) is 6.07 Å². The Morgan fingerprint density at radius 1 is 1.50 bits per heavy atom. The molecule has 0 aliphatic heterocycles. The van der Waals surface area contributed by atoms with Gasteiger partial charge in [0.1, 0.15) is 0 Å². The first kappa shape index (κ1) is 8.96. The van der Waals surface area contributed by atoms with E-state index in [2.05, 4.69) is 20.6 Å². The van der Waals surface area contributed by atoms with E-state index in [1.807, 2.05) is 25.5 Å². The summed E-state index contributed by atoms with van der Waals surface area (Å²) in [5.41, 5.74) is 2.28. The molecule has 0 amide bonds. The van der Waals surface area contributed by atoms with Crippen molar-refractivity contribution in [2.45, 2.75) is 13.1 Å². The molecule has 14 heavy (non-hydrogen) atoms. The second-order valence-corrected chi connectivity index (χ2v) is 3.21. The average molecular weight is 191 g/mol. The molecular weight excluding hydrogens is 178 g/mol. The summed E-state index contributed by atoms with van der Waals surface area (Å²) in [4.78, 5) is 0. The average Bonchev–Trinajstić information content (AvgIpc) is 2.77. The van der Waals surface area contributed by atoms with E-state index < -0.39 is 0 Å². The minimum atomic E-state index is 0.800. The van der Waals surface area contributed by atoms with Gasteiger partial charge in [-0.1, -0.05) is 0 Å². The summed E-state index contributed by atoms with van der Waals surface area (Å²) in [6.07, 6.45) is 5.61. The van der Waals surface area contributed by atoms with Crippen molar-refractivity contribution in [2.75, 3.05) is 0 Å². The maximum Gasteiger partial charge on any atom is 0.0534 e. The van der Waals surface area contributed by atoms with Crippen molar-refractivity contribution in [2.24, 2.45) is 7.05 Å². The van der Waals surface area contributed by atoms with Crippen LogP contribution in [0.25, 0.3) is 0 Å². The molecule has 0 bridgehead atoms. The van der Waals surface area contributed by atoms with Gasteiger partial charge in [0.2, 0.25) is 0 Å². The Balaban J connectivity index is 1.78. The molecule has 5 heteroatoms. The predicted molar refractivity (Wildman–Crippen MR) is 52.3 cm³/mol. The highest BCUT2D eigenvalue weighted by Crippen LogP contribution is 1.96. The third-order valence-corrected chi connectivity index (χ3v) is 1.96. The molecule has 0 saturated heterocycles. The lowest BCUT2D eigenvalue weighted by Gasteiger charge is -1.99. The fraction of sp³-hybridized carbons (Fsp3) is 0.333. The van der Waals surface area contributed by atoms with Crippen LogP contribution in [0.2, 0.25) is 0 Å². The van der Waals surface area contributed by atoms with Crippen LogP contribution in [0.15, 0.2) is 24.7 Å². The van der Waals surface area contributed by atoms with Crippen molar-refractivity contribution in [3.63, 3.8) is 0 Å². The van der Waals surface area contributed by atoms with E-state index in [0.717, 1.165) is 18.8 Å². The third-order valence-electron chi connectivity index (χ3n) is 1.96. The summed E-state index contributed by atoms with van der Waals surface area (Å²) in [5, 5.41) is 14.1. The number of aromatic nitrogens is 4. The summed E-state index contributed by atoms with van der Waals surface area (Å²) in [6.45, 7) is 1.63. The van der Waals surface area contributed by atoms with Crippen molar-refractivity contribution >= 4 is 0 Å². The van der Waals surface area contributed by atoms with Gasteiger partial charge in [-0.2, -0.15) is 10.2 Å². The second-order valence-electron chi connectivity index (χ2n) is 3.21. The Labute approximate surface area is 82.1 Å². The van der Waals surface area contributed by atoms with Crippen molar-refractivity contribution in [3.05, 3.63) is 35.9 Å². The highest BCUT2D eigenvalue weighted by atomic mass is 15.2. The van der Waals surface area contributed by atoms with Gasteiger partial charge in [-0.3, -0.25) is 9.78 Å². The van der Waals surface area contributed by atoms with Gasteiger partial charge in [-0.15, -0.1) is 0 Å². The molecule has 2 aromatic heterocycles. The number of aryl methyl sites for hydroxylation is 1. The molecule has 0 unspecified atom stereocenters. The highest BCUT2D eigenvalue weighted by molar-refractivity contribution is 5.03. The van der Waals surface area contributed by atoms with Gasteiger partial charge < -0.3 is 5.32 Å². The summed E-state index contributed by atoms with van der Waals surface area (Å²) >= 11 is 0. The first-order valence-corrected chi connectivity index (χ1v) is 4.51. The van der Waals surface area contributed by atoms with Crippen LogP contribution >= 0.6 is 0 Å². The van der Waals surface area contributed by atoms with Crippen LogP contribution in [0.1, 0.15) is 11.3 Å². The number of aromatic amines is 1. The van der Waals surface area contributed by atoms with Crippen molar-refractivity contribution in [1.29, 1.82) is 0 Å². The molecule has 0 saturated carbocycles. The summed E-state index contributed by atoms with van der Waals surface area (Å²) in [5.74, 6) is 0. The molecule has 0 atom stereocenters. The highest BCUT2D eigenvalue weighted by Gasteiger charge is 1.96. The summed E-state index contributed by atoms with van der Waals surface area (Å²) in [6, 6.07) is 1.95. The van der Waals surface area contributed by atoms with Crippen molar-refractivity contribution < 1.29 is 0 Å². The van der Waals surface area contributed by atoms with Gasteiger partial charge in [0.15, 0.2) is 0 Å². The lowest BCUT2D eigenvalue weighted by atomic mass is 10.3. The zero-order valence-electron chi connectivity index (χ0n) is 8.07. The number of rotatable bonds is 4. The molecule has 74 valence electrons. The van der Waals surface area contributed by atoms with Crippen LogP contribution in [-0.2, 0) is 20.1 Å². The van der Waals surface area contributed by atoms with Crippen molar-refractivity contribution in [3.8, 4) is 0 Å². The fourth-order valence-corrected chi connectivity index (χ4v) is 1.29. The molecule has 0 aliphatic rings. The zero-order chi connectivity index (χ0) is 9.80. The van der Waals surface area contributed by atoms with E-state index in [0.29, 0.717) is 0 Å². The van der Waals surface area contributed by atoms with Gasteiger partial charge in [0.05, 0.1) is 6.20 Å². The first-order chi connectivity index (χ1) is 6.84. The van der Waals surface area contributed by atoms with Gasteiger partial charge in [0, 0.05) is 43.8 Å². The molecular formula is C9H13N5. The van der Waals surface area contributed by atoms with Crippen LogP contribution in [0.5, 0.6) is 0 Å². The van der Waals surface area contributed by atoms with Crippen LogP contribution < -0.4 is 5.32 Å². The molecule has 0 spiro atoms. The zero-order valence-corrected chi connectivity index (χ0v) is 8.07. The van der Waals surface area contributed by atoms with Gasteiger partial charge in [0.25, 0.3) is 0 Å². The number of hydrogen-bond acceptors (Lipinski definition) is 3. The summed E-state index contributed by atoms with van der Waals surface area (Å²) in [7, 11) is 1.92. The second kappa shape index (κ2) is 4.06. The monoisotopic (exact) mass is 191 g/mol. The molecule has 5 nitrogen and oxygen atoms in total. The molecule has 0 aliphatic carbocycles. The molecule has 0 radical (unpaired) electrons. The maximum absolute atomic E-state index is 4.09. The van der Waals surface area contributed by atoms with Gasteiger partial charge in [-0.25, -0.2) is 0 Å². The molecule has 0 aromatic carbocycles. The Bertz CT molecular complexity index is 376. The Kier molecular flexibility index (Phi) is 2.60. The number of nitrogens with zero attached hydrogens (tertiary/aromatic N) is 3. The molecule has 2 N–H and O–H groups in total. The van der Waals surface area contributed by atoms with E-state index in [9.17, 15) is 0 Å². The molecule has 2 aromatic rings. The van der Waals surface area contributed by atoms with Crippen LogP contribution in [0.3, 0.4) is 0 Å². The largest absolute Gasteiger partial charge is 0.307 e. The van der Waals surface area contributed by atoms with Gasteiger partial charge >= 0.3 is 0 Å². The van der Waals surface area contributed by atoms with E-state index in [-0.39, 0.29) is 0 Å². The standard InChI is InChI=1S/C9H13N5/c1-14-7-8(5-12-14)4-10-6-9-2-3-11-13-9/h2-3,5,7,10H,4,6H2,1H3,(H,11,13). The van der Waals surface area contributed by atoms with Crippen LogP contribution in [-0.4, -0.2) is 20.0 Å². The molecule has 0 fully saturated rings. The van der Waals surface area contributed by atoms with Crippen molar-refractivity contribution in [1.82, 2.24) is 25.3 Å². The SMILES string of the molecule is Cn1cc(CNCc2ccn[nH]2)cn1. The van der Waals surface area contributed by atoms with E-state index in [1.165, 1.54) is 5.56 Å². The Morgan fingerprint density at radius 3 is 3.07 bits per heavy atom. The number of nitrogens with one attached hydrogen (secondary N) is 2. The fourth-order valence-electron chi connectivity index (χ4n) is 1.29. The minimum Gasteiger partial charge on any atom is -0.307 e. The Morgan fingerprint density at radius 2 is 2.43 bits per heavy atom. The lowest BCUT2D eigenvalue weighted by molar-refractivity contribution is 0.676. The van der Waals surface area contributed by atoms with Crippen LogP contribution in [0, 0.1) is 0 Å². The quantitative estimate of drug-likeness (QED) is 0.737. The third kappa shape index (κ3) is 2.20. The van der Waals surface area contributed by atoms with E-state index in [1.54, 1.807) is 10.9 Å². The molecule has 2 heterocycles. The normalized spacial score (nSPS) is 10.6. The van der Waals surface area contributed by atoms with E-state index in [4.69, 9.17) is 0 Å². The smallest absolute Gasteiger partial charge is 0.0534 e. The molecule has 2 rings (SSSR count). The topological polar surface area (TPSA) is 58.5 Å². The Hall–Kier alpha value is -1.62. The number of H-pyrrole nitrogens is 1.